The molecule has 0 unspecified atom stereocenters. The summed E-state index contributed by atoms with van der Waals surface area (Å²) in [6.07, 6.45) is 1.83. The Labute approximate surface area is 140 Å². The van der Waals surface area contributed by atoms with E-state index in [-0.39, 0.29) is 0 Å². The van der Waals surface area contributed by atoms with Gasteiger partial charge in [-0.2, -0.15) is 5.10 Å². The van der Waals surface area contributed by atoms with Crippen LogP contribution >= 0.6 is 27.3 Å². The highest BCUT2D eigenvalue weighted by atomic mass is 79.9. The maximum Gasteiger partial charge on any atom is 0.130 e. The molecule has 1 aromatic carbocycles. The number of hydrogen-bond acceptors (Lipinski definition) is 5. The molecule has 5 nitrogen and oxygen atoms in total. The quantitative estimate of drug-likeness (QED) is 0.669. The van der Waals surface area contributed by atoms with Crippen molar-refractivity contribution in [2.75, 3.05) is 21.3 Å². The van der Waals surface area contributed by atoms with E-state index in [4.69, 9.17) is 14.2 Å². The molecule has 0 atom stereocenters. The molecule has 0 N–H and O–H groups in total. The van der Waals surface area contributed by atoms with Crippen molar-refractivity contribution >= 4 is 32.1 Å². The van der Waals surface area contributed by atoms with Gasteiger partial charge in [0, 0.05) is 18.1 Å². The molecule has 0 fully saturated rings. The molecule has 0 amide bonds. The molecule has 2 heterocycles. The highest BCUT2D eigenvalue weighted by Gasteiger charge is 2.20. The third kappa shape index (κ3) is 2.49. The Kier molecular flexibility index (Phi) is 4.37. The van der Waals surface area contributed by atoms with Crippen LogP contribution in [0.25, 0.3) is 16.0 Å². The summed E-state index contributed by atoms with van der Waals surface area (Å²) in [5, 5.41) is 6.41. The highest BCUT2D eigenvalue weighted by Crippen LogP contribution is 2.43. The molecule has 7 heteroatoms. The highest BCUT2D eigenvalue weighted by molar-refractivity contribution is 9.10. The summed E-state index contributed by atoms with van der Waals surface area (Å²) >= 11 is 5.10. The Morgan fingerprint density at radius 2 is 1.86 bits per heavy atom. The van der Waals surface area contributed by atoms with Crippen LogP contribution in [-0.4, -0.2) is 30.9 Å². The zero-order valence-corrected chi connectivity index (χ0v) is 14.8. The van der Waals surface area contributed by atoms with Gasteiger partial charge in [-0.1, -0.05) is 0 Å². The van der Waals surface area contributed by atoms with Gasteiger partial charge in [0.15, 0.2) is 0 Å². The minimum atomic E-state index is 0.501. The third-order valence-corrected chi connectivity index (χ3v) is 5.17. The molecule has 0 spiro atoms. The van der Waals surface area contributed by atoms with Crippen molar-refractivity contribution < 1.29 is 14.2 Å². The van der Waals surface area contributed by atoms with Crippen LogP contribution < -0.4 is 9.47 Å². The Morgan fingerprint density at radius 3 is 2.45 bits per heavy atom. The Hall–Kier alpha value is -1.57. The summed E-state index contributed by atoms with van der Waals surface area (Å²) in [6.45, 7) is 0.501. The van der Waals surface area contributed by atoms with E-state index in [1.54, 1.807) is 32.7 Å². The predicted octanol–water partition coefficient (Wildman–Crippen LogP) is 3.99. The molecule has 2 aromatic heterocycles. The van der Waals surface area contributed by atoms with Crippen molar-refractivity contribution in [2.24, 2.45) is 0 Å². The van der Waals surface area contributed by atoms with E-state index in [9.17, 15) is 0 Å². The van der Waals surface area contributed by atoms with Gasteiger partial charge in [-0.05, 0) is 33.6 Å². The van der Waals surface area contributed by atoms with Gasteiger partial charge in [0.1, 0.15) is 20.9 Å². The molecular formula is C15H15BrN2O3S. The van der Waals surface area contributed by atoms with Gasteiger partial charge < -0.3 is 14.2 Å². The summed E-state index contributed by atoms with van der Waals surface area (Å²) in [7, 11) is 4.97. The van der Waals surface area contributed by atoms with Crippen LogP contribution in [0.15, 0.2) is 28.3 Å². The number of halogens is 1. The van der Waals surface area contributed by atoms with Gasteiger partial charge in [-0.15, -0.1) is 11.3 Å². The molecule has 0 aliphatic heterocycles. The zero-order chi connectivity index (χ0) is 15.7. The van der Waals surface area contributed by atoms with Crippen LogP contribution in [-0.2, 0) is 11.3 Å². The topological polar surface area (TPSA) is 45.0 Å². The van der Waals surface area contributed by atoms with Crippen LogP contribution in [0.3, 0.4) is 0 Å². The maximum atomic E-state index is 5.57. The van der Waals surface area contributed by atoms with Crippen molar-refractivity contribution in [1.82, 2.24) is 9.61 Å². The van der Waals surface area contributed by atoms with Gasteiger partial charge >= 0.3 is 0 Å². The number of hydrogen-bond donors (Lipinski definition) is 0. The van der Waals surface area contributed by atoms with Crippen molar-refractivity contribution in [3.63, 3.8) is 0 Å². The lowest BCUT2D eigenvalue weighted by molar-refractivity contribution is 0.184. The van der Waals surface area contributed by atoms with Crippen LogP contribution in [0.1, 0.15) is 5.56 Å². The molecule has 0 aliphatic carbocycles. The van der Waals surface area contributed by atoms with E-state index in [1.165, 1.54) is 0 Å². The Bertz CT molecular complexity index is 787. The minimum Gasteiger partial charge on any atom is -0.496 e. The van der Waals surface area contributed by atoms with Crippen LogP contribution in [0.4, 0.5) is 0 Å². The first kappa shape index (κ1) is 15.3. The summed E-state index contributed by atoms with van der Waals surface area (Å²) in [6, 6.07) is 3.93. The van der Waals surface area contributed by atoms with Gasteiger partial charge in [-0.25, -0.2) is 4.52 Å². The van der Waals surface area contributed by atoms with E-state index in [0.717, 1.165) is 37.6 Å². The molecule has 0 radical (unpaired) electrons. The van der Waals surface area contributed by atoms with Crippen LogP contribution in [0.5, 0.6) is 11.5 Å². The lowest BCUT2D eigenvalue weighted by Gasteiger charge is -2.14. The van der Waals surface area contributed by atoms with E-state index in [0.29, 0.717) is 6.61 Å². The number of nitrogens with zero attached hydrogens (tertiary/aromatic N) is 2. The molecule has 3 aromatic rings. The number of aromatic nitrogens is 2. The molecule has 0 saturated heterocycles. The summed E-state index contributed by atoms with van der Waals surface area (Å²) in [5.41, 5.74) is 2.87. The zero-order valence-electron chi connectivity index (χ0n) is 12.4. The van der Waals surface area contributed by atoms with Crippen LogP contribution in [0.2, 0.25) is 0 Å². The SMILES string of the molecule is COCc1cc(OC)c(-c2cnn3c(Br)csc23)c(OC)c1. The van der Waals surface area contributed by atoms with Gasteiger partial charge in [-0.3, -0.25) is 0 Å². The second kappa shape index (κ2) is 6.28. The van der Waals surface area contributed by atoms with Crippen molar-refractivity contribution in [2.45, 2.75) is 6.61 Å². The lowest BCUT2D eigenvalue weighted by atomic mass is 10.0. The maximum absolute atomic E-state index is 5.57. The summed E-state index contributed by atoms with van der Waals surface area (Å²) in [5.74, 6) is 1.48. The number of benzene rings is 1. The van der Waals surface area contributed by atoms with Crippen LogP contribution in [0, 0.1) is 0 Å². The number of methoxy groups -OCH3 is 3. The average molecular weight is 383 g/mol. The second-order valence-corrected chi connectivity index (χ2v) is 6.31. The Balaban J connectivity index is 2.24. The number of ether oxygens (including phenoxy) is 3. The van der Waals surface area contributed by atoms with E-state index < -0.39 is 0 Å². The van der Waals surface area contributed by atoms with Crippen molar-refractivity contribution in [1.29, 1.82) is 0 Å². The average Bonchev–Trinajstić information content (AvgIpc) is 3.10. The monoisotopic (exact) mass is 382 g/mol. The molecule has 0 bridgehead atoms. The van der Waals surface area contributed by atoms with Gasteiger partial charge in [0.25, 0.3) is 0 Å². The largest absolute Gasteiger partial charge is 0.496 e. The smallest absolute Gasteiger partial charge is 0.130 e. The summed E-state index contributed by atoms with van der Waals surface area (Å²) < 4.78 is 19.1. The second-order valence-electron chi connectivity index (χ2n) is 4.64. The van der Waals surface area contributed by atoms with E-state index in [1.807, 2.05) is 28.2 Å². The molecular weight excluding hydrogens is 368 g/mol. The summed E-state index contributed by atoms with van der Waals surface area (Å²) in [4.78, 5) is 1.03. The predicted molar refractivity (Wildman–Crippen MR) is 90.0 cm³/mol. The van der Waals surface area contributed by atoms with Gasteiger partial charge in [0.2, 0.25) is 0 Å². The fraction of sp³-hybridized carbons (Fsp3) is 0.267. The fourth-order valence-corrected chi connectivity index (χ4v) is 3.91. The third-order valence-electron chi connectivity index (χ3n) is 3.34. The van der Waals surface area contributed by atoms with Crippen molar-refractivity contribution in [3.8, 4) is 22.6 Å². The molecule has 116 valence electrons. The number of fused-ring (bicyclic) bond motifs is 1. The van der Waals surface area contributed by atoms with E-state index in [2.05, 4.69) is 21.0 Å². The first-order valence-electron chi connectivity index (χ1n) is 6.54. The fourth-order valence-electron chi connectivity index (χ4n) is 2.41. The molecule has 22 heavy (non-hydrogen) atoms. The Morgan fingerprint density at radius 1 is 1.18 bits per heavy atom. The normalized spacial score (nSPS) is 11.1. The lowest BCUT2D eigenvalue weighted by Crippen LogP contribution is -1.97. The van der Waals surface area contributed by atoms with Crippen molar-refractivity contribution in [3.05, 3.63) is 33.9 Å². The number of rotatable bonds is 5. The first-order chi connectivity index (χ1) is 10.7. The van der Waals surface area contributed by atoms with Gasteiger partial charge in [0.05, 0.1) is 32.6 Å². The standard InChI is InChI=1S/C15H15BrN2O3S/c1-19-7-9-4-11(20-2)14(12(5-9)21-3)10-6-17-18-13(16)8-22-15(10)18/h4-6,8H,7H2,1-3H3. The molecule has 0 aliphatic rings. The minimum absolute atomic E-state index is 0.501. The first-order valence-corrected chi connectivity index (χ1v) is 8.21. The molecule has 3 rings (SSSR count). The number of thiazole rings is 1. The molecule has 0 saturated carbocycles. The van der Waals surface area contributed by atoms with E-state index >= 15 is 0 Å².